The van der Waals surface area contributed by atoms with Crippen molar-refractivity contribution in [3.8, 4) is 0 Å². The maximum Gasteiger partial charge on any atom is 0.276 e. The average Bonchev–Trinajstić information content (AvgIpc) is 3.53. The van der Waals surface area contributed by atoms with Crippen LogP contribution < -0.4 is 10.6 Å². The van der Waals surface area contributed by atoms with Crippen LogP contribution in [-0.2, 0) is 19.8 Å². The van der Waals surface area contributed by atoms with E-state index in [1.54, 1.807) is 63.1 Å². The molecule has 0 bridgehead atoms. The molecule has 0 saturated heterocycles. The first-order valence-corrected chi connectivity index (χ1v) is 9.32. The van der Waals surface area contributed by atoms with Crippen LogP contribution in [0.5, 0.6) is 0 Å². The van der Waals surface area contributed by atoms with Crippen LogP contribution in [0.3, 0.4) is 0 Å². The molecule has 0 spiro atoms. The molecule has 11 nitrogen and oxygen atoms in total. The molecular weight excluding hydrogens is 388 g/mol. The summed E-state index contributed by atoms with van der Waals surface area (Å²) < 4.78 is 10.1. The molecule has 30 heavy (non-hydrogen) atoms. The number of carbonyl (C=O) groups is 2. The molecule has 4 heterocycles. The van der Waals surface area contributed by atoms with Gasteiger partial charge in [-0.25, -0.2) is 0 Å². The first kappa shape index (κ1) is 19.2. The highest BCUT2D eigenvalue weighted by Crippen LogP contribution is 2.15. The first-order valence-electron chi connectivity index (χ1n) is 9.32. The molecule has 0 unspecified atom stereocenters. The Morgan fingerprint density at radius 3 is 2.70 bits per heavy atom. The second-order valence-corrected chi connectivity index (χ2v) is 6.39. The van der Waals surface area contributed by atoms with Crippen molar-refractivity contribution in [2.75, 3.05) is 5.32 Å². The van der Waals surface area contributed by atoms with E-state index in [2.05, 4.69) is 25.9 Å². The van der Waals surface area contributed by atoms with Crippen LogP contribution in [0.4, 0.5) is 5.69 Å². The van der Waals surface area contributed by atoms with E-state index in [9.17, 15) is 9.59 Å². The minimum Gasteiger partial charge on any atom is -0.467 e. The van der Waals surface area contributed by atoms with Crippen LogP contribution in [0, 0.1) is 0 Å². The van der Waals surface area contributed by atoms with Crippen molar-refractivity contribution < 1.29 is 14.0 Å². The second-order valence-electron chi connectivity index (χ2n) is 6.39. The van der Waals surface area contributed by atoms with Crippen molar-refractivity contribution in [3.63, 3.8) is 0 Å². The standard InChI is InChI=1S/C19H20N8O3/c1-2-25-12-16(17(24-25)19(29)20-11-14-5-3-10-30-14)22-18(28)15-6-9-27(23-15)13-26-8-4-7-21-26/h3-10,12H,2,11,13H2,1H3,(H,20,29)(H,22,28). The fourth-order valence-electron chi connectivity index (χ4n) is 2.79. The van der Waals surface area contributed by atoms with Crippen LogP contribution in [0.15, 0.2) is 59.7 Å². The Morgan fingerprint density at radius 1 is 1.07 bits per heavy atom. The van der Waals surface area contributed by atoms with Crippen LogP contribution >= 0.6 is 0 Å². The van der Waals surface area contributed by atoms with Gasteiger partial charge in [0.15, 0.2) is 11.4 Å². The number of nitrogens with zero attached hydrogens (tertiary/aromatic N) is 6. The third-order valence-electron chi connectivity index (χ3n) is 4.27. The number of rotatable bonds is 8. The largest absolute Gasteiger partial charge is 0.467 e. The minimum atomic E-state index is -0.440. The maximum atomic E-state index is 12.7. The lowest BCUT2D eigenvalue weighted by Gasteiger charge is -2.05. The first-order chi connectivity index (χ1) is 14.6. The van der Waals surface area contributed by atoms with Crippen molar-refractivity contribution >= 4 is 17.5 Å². The highest BCUT2D eigenvalue weighted by molar-refractivity contribution is 6.07. The van der Waals surface area contributed by atoms with Crippen LogP contribution in [0.2, 0.25) is 0 Å². The summed E-state index contributed by atoms with van der Waals surface area (Å²) in [7, 11) is 0. The number of furan rings is 1. The van der Waals surface area contributed by atoms with E-state index in [0.717, 1.165) is 0 Å². The number of hydrogen-bond donors (Lipinski definition) is 2. The highest BCUT2D eigenvalue weighted by atomic mass is 16.3. The molecule has 4 aromatic heterocycles. The summed E-state index contributed by atoms with van der Waals surface area (Å²) in [6.45, 7) is 3.04. The summed E-state index contributed by atoms with van der Waals surface area (Å²) in [4.78, 5) is 25.2. The summed E-state index contributed by atoms with van der Waals surface area (Å²) in [5, 5.41) is 18.1. The van der Waals surface area contributed by atoms with Gasteiger partial charge in [0.2, 0.25) is 0 Å². The van der Waals surface area contributed by atoms with E-state index in [1.807, 2.05) is 6.92 Å². The third-order valence-corrected chi connectivity index (χ3v) is 4.27. The summed E-state index contributed by atoms with van der Waals surface area (Å²) in [5.41, 5.74) is 0.640. The third kappa shape index (κ3) is 4.29. The number of amides is 2. The Bertz CT molecular complexity index is 1120. The van der Waals surface area contributed by atoms with Gasteiger partial charge in [0, 0.05) is 31.3 Å². The quantitative estimate of drug-likeness (QED) is 0.456. The molecule has 0 saturated carbocycles. The van der Waals surface area contributed by atoms with Crippen molar-refractivity contribution in [1.29, 1.82) is 0 Å². The van der Waals surface area contributed by atoms with Gasteiger partial charge in [-0.1, -0.05) is 0 Å². The lowest BCUT2D eigenvalue weighted by molar-refractivity contribution is 0.0943. The Hall–Kier alpha value is -4.15. The van der Waals surface area contributed by atoms with Crippen LogP contribution in [0.25, 0.3) is 0 Å². The van der Waals surface area contributed by atoms with Crippen molar-refractivity contribution in [2.24, 2.45) is 0 Å². The molecule has 0 aliphatic carbocycles. The smallest absolute Gasteiger partial charge is 0.276 e. The van der Waals surface area contributed by atoms with Gasteiger partial charge < -0.3 is 15.1 Å². The summed E-state index contributed by atoms with van der Waals surface area (Å²) in [5.74, 6) is -0.241. The zero-order valence-corrected chi connectivity index (χ0v) is 16.2. The van der Waals surface area contributed by atoms with E-state index >= 15 is 0 Å². The van der Waals surface area contributed by atoms with Gasteiger partial charge >= 0.3 is 0 Å². The number of aryl methyl sites for hydroxylation is 1. The van der Waals surface area contributed by atoms with Crippen molar-refractivity contribution in [3.05, 3.63) is 72.5 Å². The Labute approximate surface area is 171 Å². The summed E-state index contributed by atoms with van der Waals surface area (Å²) >= 11 is 0. The SMILES string of the molecule is CCn1cc(NC(=O)c2ccn(Cn3cccn3)n2)c(C(=O)NCc2ccco2)n1. The Morgan fingerprint density at radius 2 is 1.97 bits per heavy atom. The summed E-state index contributed by atoms with van der Waals surface area (Å²) in [6, 6.07) is 6.90. The zero-order chi connectivity index (χ0) is 20.9. The number of anilines is 1. The molecular formula is C19H20N8O3. The molecule has 0 radical (unpaired) electrons. The van der Waals surface area contributed by atoms with Gasteiger partial charge in [-0.2, -0.15) is 15.3 Å². The Kier molecular flexibility index (Phi) is 5.42. The lowest BCUT2D eigenvalue weighted by Crippen LogP contribution is -2.25. The summed E-state index contributed by atoms with van der Waals surface area (Å²) in [6.07, 6.45) is 8.29. The molecule has 4 aromatic rings. The number of carbonyl (C=O) groups excluding carboxylic acids is 2. The molecule has 2 N–H and O–H groups in total. The lowest BCUT2D eigenvalue weighted by atomic mass is 10.3. The monoisotopic (exact) mass is 408 g/mol. The number of nitrogens with one attached hydrogen (secondary N) is 2. The second kappa shape index (κ2) is 8.47. The maximum absolute atomic E-state index is 12.7. The van der Waals surface area contributed by atoms with Gasteiger partial charge in [-0.05, 0) is 31.2 Å². The van der Waals surface area contributed by atoms with Gasteiger partial charge in [-0.15, -0.1) is 0 Å². The average molecular weight is 408 g/mol. The highest BCUT2D eigenvalue weighted by Gasteiger charge is 2.20. The van der Waals surface area contributed by atoms with Gasteiger partial charge in [0.1, 0.15) is 12.4 Å². The molecule has 11 heteroatoms. The predicted molar refractivity (Wildman–Crippen MR) is 106 cm³/mol. The molecule has 0 aliphatic rings. The molecule has 2 amide bonds. The van der Waals surface area contributed by atoms with Gasteiger partial charge in [-0.3, -0.25) is 23.6 Å². The van der Waals surface area contributed by atoms with E-state index in [4.69, 9.17) is 4.42 Å². The number of aromatic nitrogens is 6. The van der Waals surface area contributed by atoms with Gasteiger partial charge in [0.25, 0.3) is 11.8 Å². The minimum absolute atomic E-state index is 0.118. The Balaban J connectivity index is 1.45. The van der Waals surface area contributed by atoms with Crippen molar-refractivity contribution in [2.45, 2.75) is 26.7 Å². The fraction of sp³-hybridized carbons (Fsp3) is 0.211. The van der Waals surface area contributed by atoms with Crippen LogP contribution in [0.1, 0.15) is 33.7 Å². The topological polar surface area (TPSA) is 125 Å². The van der Waals surface area contributed by atoms with Gasteiger partial charge in [0.05, 0.1) is 18.5 Å². The predicted octanol–water partition coefficient (Wildman–Crippen LogP) is 1.58. The molecule has 0 aliphatic heterocycles. The van der Waals surface area contributed by atoms with E-state index in [0.29, 0.717) is 24.7 Å². The van der Waals surface area contributed by atoms with Crippen molar-refractivity contribution in [1.82, 2.24) is 34.7 Å². The van der Waals surface area contributed by atoms with E-state index in [-0.39, 0.29) is 17.9 Å². The zero-order valence-electron chi connectivity index (χ0n) is 16.2. The van der Waals surface area contributed by atoms with Crippen LogP contribution in [-0.4, -0.2) is 41.2 Å². The normalized spacial score (nSPS) is 10.8. The molecule has 4 rings (SSSR count). The number of hydrogen-bond acceptors (Lipinski definition) is 6. The fourth-order valence-corrected chi connectivity index (χ4v) is 2.79. The molecule has 0 atom stereocenters. The molecule has 154 valence electrons. The molecule has 0 fully saturated rings. The van der Waals surface area contributed by atoms with E-state index in [1.165, 1.54) is 6.26 Å². The molecule has 0 aromatic carbocycles. The van der Waals surface area contributed by atoms with E-state index < -0.39 is 11.8 Å².